The summed E-state index contributed by atoms with van der Waals surface area (Å²) in [5.74, 6) is -2.38. The van der Waals surface area contributed by atoms with Gasteiger partial charge in [0.2, 0.25) is 5.91 Å². The van der Waals surface area contributed by atoms with Crippen LogP contribution in [0.1, 0.15) is 35.8 Å². The summed E-state index contributed by atoms with van der Waals surface area (Å²) in [7, 11) is 0. The first kappa shape index (κ1) is 17.9. The monoisotopic (exact) mass is 386 g/mol. The first-order valence-corrected chi connectivity index (χ1v) is 10.1. The van der Waals surface area contributed by atoms with Crippen molar-refractivity contribution in [1.82, 2.24) is 10.4 Å². The number of imide groups is 1. The third-order valence-electron chi connectivity index (χ3n) is 6.24. The maximum Gasteiger partial charge on any atom is 0.253 e. The summed E-state index contributed by atoms with van der Waals surface area (Å²) in [4.78, 5) is 39.0. The molecule has 4 atom stereocenters. The number of nitrogens with one attached hydrogen (secondary N) is 1. The molecule has 1 saturated heterocycles. The normalized spacial score (nSPS) is 28.3. The van der Waals surface area contributed by atoms with Gasteiger partial charge in [-0.05, 0) is 24.0 Å². The van der Waals surface area contributed by atoms with Crippen LogP contribution in [0, 0.1) is 17.8 Å². The Morgan fingerprint density at radius 2 is 1.21 bits per heavy atom. The SMILES string of the molecule is O=C(NN1C(=O)[C@H]2[C@H](C1=O)[C@@H](c1ccccc1)C=C[C@@H]2c1ccccc1)C1CC1. The van der Waals surface area contributed by atoms with Gasteiger partial charge in [0.25, 0.3) is 11.8 Å². The lowest BCUT2D eigenvalue weighted by Gasteiger charge is -2.32. The van der Waals surface area contributed by atoms with E-state index >= 15 is 0 Å². The maximum atomic E-state index is 13.3. The number of benzene rings is 2. The minimum absolute atomic E-state index is 0.0776. The van der Waals surface area contributed by atoms with E-state index in [-0.39, 0.29) is 35.5 Å². The van der Waals surface area contributed by atoms with Crippen LogP contribution in [0.2, 0.25) is 0 Å². The summed E-state index contributed by atoms with van der Waals surface area (Å²) < 4.78 is 0. The first-order valence-electron chi connectivity index (χ1n) is 10.1. The quantitative estimate of drug-likeness (QED) is 0.648. The van der Waals surface area contributed by atoms with Gasteiger partial charge in [-0.3, -0.25) is 19.8 Å². The molecule has 0 unspecified atom stereocenters. The summed E-state index contributed by atoms with van der Waals surface area (Å²) in [6.45, 7) is 0. The molecule has 0 radical (unpaired) electrons. The van der Waals surface area contributed by atoms with Crippen molar-refractivity contribution in [2.45, 2.75) is 24.7 Å². The van der Waals surface area contributed by atoms with Crippen molar-refractivity contribution >= 4 is 17.7 Å². The van der Waals surface area contributed by atoms with E-state index in [1.165, 1.54) is 0 Å². The van der Waals surface area contributed by atoms with E-state index in [9.17, 15) is 14.4 Å². The molecule has 1 heterocycles. The second kappa shape index (κ2) is 6.99. The predicted molar refractivity (Wildman–Crippen MR) is 107 cm³/mol. The minimum atomic E-state index is -0.528. The molecule has 0 aromatic heterocycles. The molecule has 0 bridgehead atoms. The predicted octanol–water partition coefficient (Wildman–Crippen LogP) is 3.17. The third kappa shape index (κ3) is 3.07. The third-order valence-corrected chi connectivity index (χ3v) is 6.24. The fourth-order valence-electron chi connectivity index (χ4n) is 4.59. The summed E-state index contributed by atoms with van der Waals surface area (Å²) in [5, 5.41) is 0.995. The Morgan fingerprint density at radius 3 is 1.62 bits per heavy atom. The van der Waals surface area contributed by atoms with Gasteiger partial charge in [0.1, 0.15) is 0 Å². The van der Waals surface area contributed by atoms with E-state index in [1.54, 1.807) is 0 Å². The summed E-state index contributed by atoms with van der Waals surface area (Å²) in [5.41, 5.74) is 4.61. The number of rotatable bonds is 4. The molecule has 1 N–H and O–H groups in total. The van der Waals surface area contributed by atoms with E-state index in [1.807, 2.05) is 72.8 Å². The molecule has 1 saturated carbocycles. The van der Waals surface area contributed by atoms with Crippen molar-refractivity contribution in [2.75, 3.05) is 0 Å². The number of hydrogen-bond acceptors (Lipinski definition) is 3. The molecule has 2 fully saturated rings. The summed E-state index contributed by atoms with van der Waals surface area (Å²) >= 11 is 0. The number of carbonyl (C=O) groups excluding carboxylic acids is 3. The lowest BCUT2D eigenvalue weighted by molar-refractivity contribution is -0.149. The zero-order valence-corrected chi connectivity index (χ0v) is 15.9. The summed E-state index contributed by atoms with van der Waals surface area (Å²) in [6.07, 6.45) is 5.72. The van der Waals surface area contributed by atoms with Crippen molar-refractivity contribution in [2.24, 2.45) is 17.8 Å². The molecule has 2 aromatic carbocycles. The molecule has 2 aliphatic carbocycles. The Kier molecular flexibility index (Phi) is 4.31. The lowest BCUT2D eigenvalue weighted by atomic mass is 9.68. The maximum absolute atomic E-state index is 13.3. The van der Waals surface area contributed by atoms with Crippen LogP contribution in [0.15, 0.2) is 72.8 Å². The van der Waals surface area contributed by atoms with E-state index in [4.69, 9.17) is 0 Å². The van der Waals surface area contributed by atoms with Crippen LogP contribution in [0.25, 0.3) is 0 Å². The van der Waals surface area contributed by atoms with Gasteiger partial charge in [-0.1, -0.05) is 72.8 Å². The van der Waals surface area contributed by atoms with Crippen molar-refractivity contribution in [3.05, 3.63) is 83.9 Å². The fraction of sp³-hybridized carbons (Fsp3) is 0.292. The summed E-state index contributed by atoms with van der Waals surface area (Å²) in [6, 6.07) is 19.6. The second-order valence-corrected chi connectivity index (χ2v) is 8.07. The zero-order valence-electron chi connectivity index (χ0n) is 15.9. The molecule has 146 valence electrons. The van der Waals surface area contributed by atoms with Crippen LogP contribution in [0.3, 0.4) is 0 Å². The van der Waals surface area contributed by atoms with Crippen LogP contribution in [0.4, 0.5) is 0 Å². The van der Waals surface area contributed by atoms with E-state index in [0.717, 1.165) is 29.0 Å². The highest BCUT2D eigenvalue weighted by atomic mass is 16.2. The van der Waals surface area contributed by atoms with Gasteiger partial charge in [-0.15, -0.1) is 0 Å². The molecule has 5 heteroatoms. The number of carbonyl (C=O) groups is 3. The number of amides is 3. The average Bonchev–Trinajstić information content (AvgIpc) is 3.59. The Labute approximate surface area is 169 Å². The molecule has 2 aromatic rings. The molecule has 5 rings (SSSR count). The molecule has 0 spiro atoms. The van der Waals surface area contributed by atoms with Gasteiger partial charge in [0.15, 0.2) is 0 Å². The number of fused-ring (bicyclic) bond motifs is 1. The van der Waals surface area contributed by atoms with Gasteiger partial charge in [-0.2, -0.15) is 5.01 Å². The minimum Gasteiger partial charge on any atom is -0.273 e. The van der Waals surface area contributed by atoms with E-state index < -0.39 is 11.8 Å². The molecule has 5 nitrogen and oxygen atoms in total. The van der Waals surface area contributed by atoms with Crippen LogP contribution in [-0.2, 0) is 14.4 Å². The van der Waals surface area contributed by atoms with Crippen molar-refractivity contribution in [3.63, 3.8) is 0 Å². The van der Waals surface area contributed by atoms with Crippen molar-refractivity contribution in [1.29, 1.82) is 0 Å². The smallest absolute Gasteiger partial charge is 0.253 e. The standard InChI is InChI=1S/C24H22N2O3/c27-22(17-11-12-17)25-26-23(28)20-18(15-7-3-1-4-8-15)13-14-19(21(20)24(26)29)16-9-5-2-6-10-16/h1-10,13-14,17-21H,11-12H2,(H,25,27)/t18-,19-,20-,21-/m1/s1. The van der Waals surface area contributed by atoms with Crippen LogP contribution < -0.4 is 5.43 Å². The van der Waals surface area contributed by atoms with Crippen LogP contribution in [-0.4, -0.2) is 22.7 Å². The second-order valence-electron chi connectivity index (χ2n) is 8.07. The highest BCUT2D eigenvalue weighted by Crippen LogP contribution is 2.48. The number of hydrogen-bond donors (Lipinski definition) is 1. The molecule has 29 heavy (non-hydrogen) atoms. The molecule has 3 amide bonds. The molecular weight excluding hydrogens is 364 g/mol. The topological polar surface area (TPSA) is 66.5 Å². The van der Waals surface area contributed by atoms with Gasteiger partial charge >= 0.3 is 0 Å². The fourth-order valence-corrected chi connectivity index (χ4v) is 4.59. The number of hydrazine groups is 1. The van der Waals surface area contributed by atoms with Crippen molar-refractivity contribution in [3.8, 4) is 0 Å². The van der Waals surface area contributed by atoms with E-state index in [2.05, 4.69) is 5.43 Å². The average molecular weight is 386 g/mol. The lowest BCUT2D eigenvalue weighted by Crippen LogP contribution is -2.47. The Bertz CT molecular complexity index is 914. The number of nitrogens with zero attached hydrogens (tertiary/aromatic N) is 1. The van der Waals surface area contributed by atoms with Gasteiger partial charge in [0.05, 0.1) is 11.8 Å². The molecule has 1 aliphatic heterocycles. The van der Waals surface area contributed by atoms with Gasteiger partial charge in [0, 0.05) is 17.8 Å². The van der Waals surface area contributed by atoms with Crippen molar-refractivity contribution < 1.29 is 14.4 Å². The Balaban J connectivity index is 1.55. The van der Waals surface area contributed by atoms with Crippen LogP contribution in [0.5, 0.6) is 0 Å². The Hall–Kier alpha value is -3.21. The number of allylic oxidation sites excluding steroid dienone is 2. The highest BCUT2D eigenvalue weighted by Gasteiger charge is 2.56. The van der Waals surface area contributed by atoms with Gasteiger partial charge in [-0.25, -0.2) is 0 Å². The molecule has 3 aliphatic rings. The highest BCUT2D eigenvalue weighted by molar-refractivity contribution is 6.07. The zero-order chi connectivity index (χ0) is 20.0. The van der Waals surface area contributed by atoms with E-state index in [0.29, 0.717) is 0 Å². The first-order chi connectivity index (χ1) is 14.1. The van der Waals surface area contributed by atoms with Gasteiger partial charge < -0.3 is 0 Å². The largest absolute Gasteiger partial charge is 0.273 e. The molecular formula is C24H22N2O3. The van der Waals surface area contributed by atoms with Crippen LogP contribution >= 0.6 is 0 Å². The Morgan fingerprint density at radius 1 is 0.759 bits per heavy atom.